The van der Waals surface area contributed by atoms with Crippen LogP contribution in [-0.4, -0.2) is 7.11 Å². The fourth-order valence-corrected chi connectivity index (χ4v) is 1.83. The van der Waals surface area contributed by atoms with E-state index >= 15 is 0 Å². The van der Waals surface area contributed by atoms with Crippen LogP contribution in [-0.2, 0) is 0 Å². The highest BCUT2D eigenvalue weighted by molar-refractivity contribution is 5.45. The van der Waals surface area contributed by atoms with Gasteiger partial charge in [0, 0.05) is 6.04 Å². The minimum absolute atomic E-state index is 0.0305. The number of benzene rings is 2. The van der Waals surface area contributed by atoms with Crippen LogP contribution in [0.15, 0.2) is 42.5 Å². The second-order valence-electron chi connectivity index (χ2n) is 4.61. The molecule has 0 fully saturated rings. The molecule has 0 aliphatic heterocycles. The van der Waals surface area contributed by atoms with E-state index in [-0.39, 0.29) is 6.04 Å². The van der Waals surface area contributed by atoms with Crippen molar-refractivity contribution in [1.29, 1.82) is 0 Å². The molecule has 0 radical (unpaired) electrons. The summed E-state index contributed by atoms with van der Waals surface area (Å²) in [6.45, 7) is 3.97. The van der Waals surface area contributed by atoms with Gasteiger partial charge < -0.3 is 15.2 Å². The number of aryl methyl sites for hydroxylation is 1. The standard InChI is InChI=1S/C16H19NO2/c1-11-4-9-15(16(10-11)18-3)19-14-7-5-13(6-8-14)12(2)17/h4-10,12H,17H2,1-3H3/t12-/m0/s1. The van der Waals surface area contributed by atoms with Gasteiger partial charge in [0.1, 0.15) is 5.75 Å². The highest BCUT2D eigenvalue weighted by Gasteiger charge is 2.06. The molecule has 3 nitrogen and oxygen atoms in total. The van der Waals surface area contributed by atoms with Crippen molar-refractivity contribution in [2.75, 3.05) is 7.11 Å². The normalized spacial score (nSPS) is 12.0. The molecule has 0 aliphatic rings. The lowest BCUT2D eigenvalue weighted by atomic mass is 10.1. The molecule has 0 amide bonds. The van der Waals surface area contributed by atoms with Gasteiger partial charge in [0.05, 0.1) is 7.11 Å². The van der Waals surface area contributed by atoms with E-state index in [2.05, 4.69) is 0 Å². The van der Waals surface area contributed by atoms with Crippen LogP contribution in [0.2, 0.25) is 0 Å². The van der Waals surface area contributed by atoms with Gasteiger partial charge in [0.25, 0.3) is 0 Å². The van der Waals surface area contributed by atoms with Crippen molar-refractivity contribution in [2.45, 2.75) is 19.9 Å². The van der Waals surface area contributed by atoms with Crippen molar-refractivity contribution in [2.24, 2.45) is 5.73 Å². The molecular weight excluding hydrogens is 238 g/mol. The quantitative estimate of drug-likeness (QED) is 0.905. The molecule has 100 valence electrons. The Morgan fingerprint density at radius 3 is 2.26 bits per heavy atom. The van der Waals surface area contributed by atoms with E-state index in [1.807, 2.05) is 56.3 Å². The van der Waals surface area contributed by atoms with Crippen LogP contribution in [0.1, 0.15) is 24.1 Å². The van der Waals surface area contributed by atoms with Crippen LogP contribution in [0.3, 0.4) is 0 Å². The largest absolute Gasteiger partial charge is 0.493 e. The average Bonchev–Trinajstić information content (AvgIpc) is 2.41. The fourth-order valence-electron chi connectivity index (χ4n) is 1.83. The predicted octanol–water partition coefficient (Wildman–Crippen LogP) is 3.82. The van der Waals surface area contributed by atoms with E-state index in [9.17, 15) is 0 Å². The Morgan fingerprint density at radius 1 is 1.00 bits per heavy atom. The molecular formula is C16H19NO2. The van der Waals surface area contributed by atoms with Crippen LogP contribution in [0.25, 0.3) is 0 Å². The second kappa shape index (κ2) is 5.76. The summed E-state index contributed by atoms with van der Waals surface area (Å²) in [6.07, 6.45) is 0. The summed E-state index contributed by atoms with van der Waals surface area (Å²) >= 11 is 0. The minimum Gasteiger partial charge on any atom is -0.493 e. The van der Waals surface area contributed by atoms with Gasteiger partial charge in [-0.1, -0.05) is 18.2 Å². The number of methoxy groups -OCH3 is 1. The number of ether oxygens (including phenoxy) is 2. The lowest BCUT2D eigenvalue weighted by molar-refractivity contribution is 0.378. The Labute approximate surface area is 114 Å². The van der Waals surface area contributed by atoms with Gasteiger partial charge in [-0.15, -0.1) is 0 Å². The number of hydrogen-bond acceptors (Lipinski definition) is 3. The molecule has 19 heavy (non-hydrogen) atoms. The molecule has 2 N–H and O–H groups in total. The van der Waals surface area contributed by atoms with Crippen molar-refractivity contribution in [3.8, 4) is 17.2 Å². The van der Waals surface area contributed by atoms with Gasteiger partial charge in [-0.3, -0.25) is 0 Å². The van der Waals surface area contributed by atoms with E-state index in [0.29, 0.717) is 5.75 Å². The van der Waals surface area contributed by atoms with Crippen LogP contribution in [0, 0.1) is 6.92 Å². The molecule has 0 spiro atoms. The Bertz CT molecular complexity index is 547. The molecule has 0 saturated carbocycles. The first-order valence-corrected chi connectivity index (χ1v) is 6.28. The Morgan fingerprint density at radius 2 is 1.68 bits per heavy atom. The maximum atomic E-state index is 5.82. The lowest BCUT2D eigenvalue weighted by Crippen LogP contribution is -2.04. The molecule has 2 aromatic rings. The van der Waals surface area contributed by atoms with Crippen LogP contribution < -0.4 is 15.2 Å². The maximum absolute atomic E-state index is 5.82. The zero-order chi connectivity index (χ0) is 13.8. The highest BCUT2D eigenvalue weighted by Crippen LogP contribution is 2.32. The maximum Gasteiger partial charge on any atom is 0.169 e. The Hall–Kier alpha value is -2.00. The molecule has 0 saturated heterocycles. The summed E-state index contributed by atoms with van der Waals surface area (Å²) in [5.41, 5.74) is 8.04. The first-order chi connectivity index (χ1) is 9.10. The van der Waals surface area contributed by atoms with Gasteiger partial charge >= 0.3 is 0 Å². The second-order valence-corrected chi connectivity index (χ2v) is 4.61. The zero-order valence-corrected chi connectivity index (χ0v) is 11.5. The van der Waals surface area contributed by atoms with Gasteiger partial charge in [-0.05, 0) is 49.2 Å². The molecule has 0 aliphatic carbocycles. The third kappa shape index (κ3) is 3.26. The zero-order valence-electron chi connectivity index (χ0n) is 11.5. The lowest BCUT2D eigenvalue weighted by Gasteiger charge is -2.12. The van der Waals surface area contributed by atoms with Crippen molar-refractivity contribution in [3.63, 3.8) is 0 Å². The van der Waals surface area contributed by atoms with Crippen molar-refractivity contribution < 1.29 is 9.47 Å². The Balaban J connectivity index is 2.21. The van der Waals surface area contributed by atoms with E-state index in [4.69, 9.17) is 15.2 Å². The van der Waals surface area contributed by atoms with Crippen molar-refractivity contribution in [3.05, 3.63) is 53.6 Å². The highest BCUT2D eigenvalue weighted by atomic mass is 16.5. The predicted molar refractivity (Wildman–Crippen MR) is 76.8 cm³/mol. The minimum atomic E-state index is 0.0305. The van der Waals surface area contributed by atoms with Gasteiger partial charge in [0.15, 0.2) is 11.5 Å². The van der Waals surface area contributed by atoms with E-state index in [1.54, 1.807) is 7.11 Å². The third-order valence-corrected chi connectivity index (χ3v) is 2.95. The summed E-state index contributed by atoms with van der Waals surface area (Å²) in [5, 5.41) is 0. The van der Waals surface area contributed by atoms with Crippen LogP contribution in [0.5, 0.6) is 17.2 Å². The van der Waals surface area contributed by atoms with Gasteiger partial charge in [0.2, 0.25) is 0 Å². The molecule has 0 unspecified atom stereocenters. The van der Waals surface area contributed by atoms with Crippen LogP contribution >= 0.6 is 0 Å². The van der Waals surface area contributed by atoms with E-state index in [0.717, 1.165) is 22.6 Å². The van der Waals surface area contributed by atoms with E-state index < -0.39 is 0 Å². The average molecular weight is 257 g/mol. The monoisotopic (exact) mass is 257 g/mol. The van der Waals surface area contributed by atoms with Crippen molar-refractivity contribution >= 4 is 0 Å². The summed E-state index contributed by atoms with van der Waals surface area (Å²) < 4.78 is 11.1. The molecule has 2 aromatic carbocycles. The fraction of sp³-hybridized carbons (Fsp3) is 0.250. The van der Waals surface area contributed by atoms with Crippen molar-refractivity contribution in [1.82, 2.24) is 0 Å². The first kappa shape index (κ1) is 13.4. The molecule has 0 aromatic heterocycles. The summed E-state index contributed by atoms with van der Waals surface area (Å²) in [5.74, 6) is 2.21. The molecule has 0 heterocycles. The molecule has 3 heteroatoms. The first-order valence-electron chi connectivity index (χ1n) is 6.28. The summed E-state index contributed by atoms with van der Waals surface area (Å²) in [4.78, 5) is 0. The smallest absolute Gasteiger partial charge is 0.169 e. The van der Waals surface area contributed by atoms with E-state index in [1.165, 1.54) is 0 Å². The summed E-state index contributed by atoms with van der Waals surface area (Å²) in [6, 6.07) is 13.7. The number of rotatable bonds is 4. The number of hydrogen-bond donors (Lipinski definition) is 1. The SMILES string of the molecule is COc1cc(C)ccc1Oc1ccc([C@H](C)N)cc1. The Kier molecular flexibility index (Phi) is 4.07. The topological polar surface area (TPSA) is 44.5 Å². The third-order valence-electron chi connectivity index (χ3n) is 2.95. The molecule has 2 rings (SSSR count). The van der Waals surface area contributed by atoms with Gasteiger partial charge in [-0.2, -0.15) is 0 Å². The summed E-state index contributed by atoms with van der Waals surface area (Å²) in [7, 11) is 1.64. The van der Waals surface area contributed by atoms with Crippen LogP contribution in [0.4, 0.5) is 0 Å². The molecule has 1 atom stereocenters. The number of nitrogens with two attached hydrogens (primary N) is 1. The van der Waals surface area contributed by atoms with Gasteiger partial charge in [-0.25, -0.2) is 0 Å². The molecule has 0 bridgehead atoms.